The summed E-state index contributed by atoms with van der Waals surface area (Å²) >= 11 is 0. The molecule has 2 N–H and O–H groups in total. The van der Waals surface area contributed by atoms with E-state index in [2.05, 4.69) is 10.6 Å². The average molecular weight is 410 g/mol. The Morgan fingerprint density at radius 2 is 1.90 bits per heavy atom. The Labute approximate surface area is 175 Å². The van der Waals surface area contributed by atoms with Gasteiger partial charge >= 0.3 is 0 Å². The summed E-state index contributed by atoms with van der Waals surface area (Å²) in [4.78, 5) is 24.2. The molecule has 0 radical (unpaired) electrons. The molecular formula is C23H26N2O5. The molecule has 1 aliphatic heterocycles. The minimum absolute atomic E-state index is 0.0360. The van der Waals surface area contributed by atoms with Gasteiger partial charge in [0.25, 0.3) is 5.91 Å². The van der Waals surface area contributed by atoms with Gasteiger partial charge in [0.05, 0.1) is 19.3 Å². The zero-order valence-electron chi connectivity index (χ0n) is 17.0. The van der Waals surface area contributed by atoms with Crippen LogP contribution in [0.5, 0.6) is 17.2 Å². The van der Waals surface area contributed by atoms with E-state index in [-0.39, 0.29) is 30.4 Å². The van der Waals surface area contributed by atoms with Crippen molar-refractivity contribution in [3.8, 4) is 17.2 Å². The first-order chi connectivity index (χ1) is 14.6. The Kier molecular flexibility index (Phi) is 6.07. The van der Waals surface area contributed by atoms with Crippen molar-refractivity contribution in [3.63, 3.8) is 0 Å². The smallest absolute Gasteiger partial charge is 0.258 e. The maximum absolute atomic E-state index is 12.3. The summed E-state index contributed by atoms with van der Waals surface area (Å²) in [5.41, 5.74) is 1.60. The zero-order valence-corrected chi connectivity index (χ0v) is 17.0. The Hall–Kier alpha value is -3.22. The molecule has 0 bridgehead atoms. The maximum Gasteiger partial charge on any atom is 0.258 e. The number of nitrogens with one attached hydrogen (secondary N) is 2. The first kappa shape index (κ1) is 20.1. The van der Waals surface area contributed by atoms with Crippen LogP contribution in [0.3, 0.4) is 0 Å². The monoisotopic (exact) mass is 410 g/mol. The second-order valence-electron chi connectivity index (χ2n) is 7.63. The zero-order chi connectivity index (χ0) is 20.9. The number of hydrogen-bond acceptors (Lipinski definition) is 5. The van der Waals surface area contributed by atoms with Gasteiger partial charge in [-0.15, -0.1) is 0 Å². The number of benzene rings is 2. The highest BCUT2D eigenvalue weighted by Gasteiger charge is 2.29. The van der Waals surface area contributed by atoms with Crippen LogP contribution in [0.1, 0.15) is 37.8 Å². The molecule has 1 heterocycles. The van der Waals surface area contributed by atoms with Crippen molar-refractivity contribution in [1.82, 2.24) is 5.32 Å². The van der Waals surface area contributed by atoms with Crippen LogP contribution in [0.25, 0.3) is 0 Å². The third-order valence-electron chi connectivity index (χ3n) is 5.07. The van der Waals surface area contributed by atoms with Crippen LogP contribution < -0.4 is 24.8 Å². The second-order valence-corrected chi connectivity index (χ2v) is 7.63. The van der Waals surface area contributed by atoms with Crippen LogP contribution in [-0.4, -0.2) is 31.6 Å². The maximum atomic E-state index is 12.3. The lowest BCUT2D eigenvalue weighted by molar-refractivity contribution is -0.123. The van der Waals surface area contributed by atoms with E-state index in [1.54, 1.807) is 24.3 Å². The molecule has 0 spiro atoms. The van der Waals surface area contributed by atoms with E-state index in [4.69, 9.17) is 14.2 Å². The fourth-order valence-electron chi connectivity index (χ4n) is 3.22. The summed E-state index contributed by atoms with van der Waals surface area (Å²) in [5, 5.41) is 5.80. The number of hydrogen-bond donors (Lipinski definition) is 2. The highest BCUT2D eigenvalue weighted by molar-refractivity contribution is 5.94. The first-order valence-corrected chi connectivity index (χ1v) is 10.3. The van der Waals surface area contributed by atoms with Crippen molar-refractivity contribution < 1.29 is 23.8 Å². The SMILES string of the molecule is CC(NC(=O)COc1cccc(NC(=O)C2CC2)c1)c1ccc2c(c1)OCCCO2. The van der Waals surface area contributed by atoms with Gasteiger partial charge in [0.15, 0.2) is 18.1 Å². The van der Waals surface area contributed by atoms with Gasteiger partial charge in [-0.05, 0) is 49.6 Å². The van der Waals surface area contributed by atoms with E-state index >= 15 is 0 Å². The van der Waals surface area contributed by atoms with Gasteiger partial charge in [0.1, 0.15) is 5.75 Å². The van der Waals surface area contributed by atoms with E-state index in [0.717, 1.165) is 30.6 Å². The number of amides is 2. The lowest BCUT2D eigenvalue weighted by atomic mass is 10.1. The van der Waals surface area contributed by atoms with Crippen molar-refractivity contribution in [3.05, 3.63) is 48.0 Å². The lowest BCUT2D eigenvalue weighted by Gasteiger charge is -2.17. The second kappa shape index (κ2) is 9.07. The van der Waals surface area contributed by atoms with E-state index < -0.39 is 0 Å². The fraction of sp³-hybridized carbons (Fsp3) is 0.391. The topological polar surface area (TPSA) is 85.9 Å². The Bertz CT molecular complexity index is 926. The highest BCUT2D eigenvalue weighted by atomic mass is 16.5. The summed E-state index contributed by atoms with van der Waals surface area (Å²) in [6, 6.07) is 12.6. The number of ether oxygens (including phenoxy) is 3. The molecule has 2 aromatic rings. The molecule has 1 aliphatic carbocycles. The van der Waals surface area contributed by atoms with Gasteiger partial charge < -0.3 is 24.8 Å². The van der Waals surface area contributed by atoms with Gasteiger partial charge in [-0.25, -0.2) is 0 Å². The molecule has 7 heteroatoms. The quantitative estimate of drug-likeness (QED) is 0.730. The van der Waals surface area contributed by atoms with Crippen molar-refractivity contribution in [1.29, 1.82) is 0 Å². The number of anilines is 1. The Balaban J connectivity index is 1.29. The van der Waals surface area contributed by atoms with Crippen molar-refractivity contribution in [2.24, 2.45) is 5.92 Å². The molecule has 2 aromatic carbocycles. The van der Waals surface area contributed by atoms with E-state index in [1.807, 2.05) is 25.1 Å². The number of carbonyl (C=O) groups excluding carboxylic acids is 2. The van der Waals surface area contributed by atoms with E-state index in [1.165, 1.54) is 0 Å². The van der Waals surface area contributed by atoms with Crippen LogP contribution in [0, 0.1) is 5.92 Å². The molecule has 0 saturated heterocycles. The van der Waals surface area contributed by atoms with Crippen molar-refractivity contribution in [2.75, 3.05) is 25.1 Å². The molecule has 4 rings (SSSR count). The van der Waals surface area contributed by atoms with Crippen LogP contribution in [-0.2, 0) is 9.59 Å². The predicted molar refractivity (Wildman–Crippen MR) is 112 cm³/mol. The largest absolute Gasteiger partial charge is 0.490 e. The summed E-state index contributed by atoms with van der Waals surface area (Å²) in [5.74, 6) is 1.89. The number of fused-ring (bicyclic) bond motifs is 1. The van der Waals surface area contributed by atoms with E-state index in [9.17, 15) is 9.59 Å². The first-order valence-electron chi connectivity index (χ1n) is 10.3. The van der Waals surface area contributed by atoms with Gasteiger partial charge in [0.2, 0.25) is 5.91 Å². The molecule has 1 fully saturated rings. The normalized spacial score (nSPS) is 16.2. The van der Waals surface area contributed by atoms with Crippen LogP contribution in [0.2, 0.25) is 0 Å². The van der Waals surface area contributed by atoms with Crippen molar-refractivity contribution >= 4 is 17.5 Å². The summed E-state index contributed by atoms with van der Waals surface area (Å²) in [7, 11) is 0. The van der Waals surface area contributed by atoms with Gasteiger partial charge in [-0.1, -0.05) is 12.1 Å². The average Bonchev–Trinajstić information content (AvgIpc) is 3.59. The van der Waals surface area contributed by atoms with Gasteiger partial charge in [-0.2, -0.15) is 0 Å². The molecule has 30 heavy (non-hydrogen) atoms. The number of rotatable bonds is 7. The predicted octanol–water partition coefficient (Wildman–Crippen LogP) is 3.45. The molecule has 2 amide bonds. The third kappa shape index (κ3) is 5.23. The van der Waals surface area contributed by atoms with Crippen molar-refractivity contribution in [2.45, 2.75) is 32.2 Å². The van der Waals surface area contributed by atoms with Gasteiger partial charge in [0, 0.05) is 24.1 Å². The molecule has 2 aliphatic rings. The lowest BCUT2D eigenvalue weighted by Crippen LogP contribution is -2.31. The molecule has 7 nitrogen and oxygen atoms in total. The van der Waals surface area contributed by atoms with Crippen LogP contribution in [0.15, 0.2) is 42.5 Å². The molecular weight excluding hydrogens is 384 g/mol. The summed E-state index contributed by atoms with van der Waals surface area (Å²) < 4.78 is 17.0. The summed E-state index contributed by atoms with van der Waals surface area (Å²) in [6.07, 6.45) is 2.74. The molecule has 1 unspecified atom stereocenters. The molecule has 1 atom stereocenters. The minimum atomic E-state index is -0.234. The van der Waals surface area contributed by atoms with Crippen LogP contribution in [0.4, 0.5) is 5.69 Å². The Morgan fingerprint density at radius 3 is 2.70 bits per heavy atom. The molecule has 158 valence electrons. The third-order valence-corrected chi connectivity index (χ3v) is 5.07. The summed E-state index contributed by atoms with van der Waals surface area (Å²) in [6.45, 7) is 3.05. The van der Waals surface area contributed by atoms with Crippen LogP contribution >= 0.6 is 0 Å². The molecule has 1 saturated carbocycles. The van der Waals surface area contributed by atoms with Gasteiger partial charge in [-0.3, -0.25) is 9.59 Å². The molecule has 0 aromatic heterocycles. The van der Waals surface area contributed by atoms with E-state index in [0.29, 0.717) is 30.4 Å². The standard InChI is InChI=1S/C23H26N2O5/c1-15(17-8-9-20-21(12-17)29-11-3-10-28-20)24-22(26)14-30-19-5-2-4-18(13-19)25-23(27)16-6-7-16/h2,4-5,8-9,12-13,15-16H,3,6-7,10-11,14H2,1H3,(H,24,26)(H,25,27). The number of carbonyl (C=O) groups is 2. The minimum Gasteiger partial charge on any atom is -0.490 e. The highest BCUT2D eigenvalue weighted by Crippen LogP contribution is 2.32. The fourth-order valence-corrected chi connectivity index (χ4v) is 3.22. The Morgan fingerprint density at radius 1 is 1.10 bits per heavy atom.